The number of aryl methyl sites for hydroxylation is 1. The molecule has 3 rings (SSSR count). The van der Waals surface area contributed by atoms with Crippen molar-refractivity contribution >= 4 is 5.91 Å². The van der Waals surface area contributed by atoms with Crippen LogP contribution in [0.1, 0.15) is 35.2 Å². The van der Waals surface area contributed by atoms with E-state index < -0.39 is 5.82 Å². The Kier molecular flexibility index (Phi) is 2.82. The first-order chi connectivity index (χ1) is 8.63. The van der Waals surface area contributed by atoms with Crippen LogP contribution in [0.25, 0.3) is 0 Å². The van der Waals surface area contributed by atoms with E-state index in [1.807, 2.05) is 0 Å². The Labute approximate surface area is 105 Å². The summed E-state index contributed by atoms with van der Waals surface area (Å²) in [7, 11) is 0. The summed E-state index contributed by atoms with van der Waals surface area (Å²) < 4.78 is 19.3. The Morgan fingerprint density at radius 1 is 1.44 bits per heavy atom. The third kappa shape index (κ3) is 2.01. The van der Waals surface area contributed by atoms with Gasteiger partial charge in [-0.25, -0.2) is 4.39 Å². The summed E-state index contributed by atoms with van der Waals surface area (Å²) in [4.78, 5) is 12.0. The molecule has 2 bridgehead atoms. The molecule has 3 unspecified atom stereocenters. The molecule has 1 N–H and O–H groups in total. The number of rotatable bonds is 2. The molecule has 3 atom stereocenters. The smallest absolute Gasteiger partial charge is 0.254 e. The van der Waals surface area contributed by atoms with Gasteiger partial charge in [0.25, 0.3) is 5.91 Å². The molecule has 18 heavy (non-hydrogen) atoms. The second-order valence-electron chi connectivity index (χ2n) is 5.17. The first kappa shape index (κ1) is 11.7. The normalized spacial score (nSPS) is 29.6. The van der Waals surface area contributed by atoms with E-state index in [0.29, 0.717) is 0 Å². The molecule has 4 heteroatoms. The monoisotopic (exact) mass is 249 g/mol. The number of ether oxygens (including phenoxy) is 1. The third-order valence-corrected chi connectivity index (χ3v) is 3.79. The predicted molar refractivity (Wildman–Crippen MR) is 64.9 cm³/mol. The van der Waals surface area contributed by atoms with E-state index in [9.17, 15) is 9.18 Å². The van der Waals surface area contributed by atoms with Gasteiger partial charge in [-0.3, -0.25) is 4.79 Å². The standard InChI is InChI=1S/C14H16FNO2/c1-8-2-4-10(11(15)6-8)14(17)16-12-7-9-3-5-13(12)18-9/h2,4,6,9,12-13H,3,5,7H2,1H3,(H,16,17). The number of amides is 1. The van der Waals surface area contributed by atoms with Gasteiger partial charge in [0.15, 0.2) is 0 Å². The molecule has 0 spiro atoms. The average Bonchev–Trinajstić information content (AvgIpc) is 2.90. The van der Waals surface area contributed by atoms with E-state index in [1.165, 1.54) is 12.1 Å². The highest BCUT2D eigenvalue weighted by Gasteiger charge is 2.41. The minimum atomic E-state index is -0.462. The van der Waals surface area contributed by atoms with Crippen LogP contribution in [0.4, 0.5) is 4.39 Å². The number of fused-ring (bicyclic) bond motifs is 2. The van der Waals surface area contributed by atoms with Crippen molar-refractivity contribution in [2.75, 3.05) is 0 Å². The van der Waals surface area contributed by atoms with Gasteiger partial charge in [0, 0.05) is 0 Å². The topological polar surface area (TPSA) is 38.3 Å². The molecule has 1 aromatic rings. The molecule has 1 amide bonds. The first-order valence-electron chi connectivity index (χ1n) is 6.36. The van der Waals surface area contributed by atoms with Gasteiger partial charge in [-0.15, -0.1) is 0 Å². The highest BCUT2D eigenvalue weighted by molar-refractivity contribution is 5.94. The number of hydrogen-bond donors (Lipinski definition) is 1. The molecule has 2 aliphatic heterocycles. The number of carbonyl (C=O) groups excluding carboxylic acids is 1. The Bertz CT molecular complexity index is 489. The van der Waals surface area contributed by atoms with E-state index in [4.69, 9.17) is 4.74 Å². The molecule has 0 aliphatic carbocycles. The fourth-order valence-electron chi connectivity index (χ4n) is 2.84. The van der Waals surface area contributed by atoms with Crippen LogP contribution in [-0.4, -0.2) is 24.2 Å². The zero-order valence-electron chi connectivity index (χ0n) is 10.3. The molecule has 2 fully saturated rings. The van der Waals surface area contributed by atoms with Crippen molar-refractivity contribution in [3.63, 3.8) is 0 Å². The minimum absolute atomic E-state index is 0.0388. The average molecular weight is 249 g/mol. The van der Waals surface area contributed by atoms with Crippen LogP contribution in [0.5, 0.6) is 0 Å². The largest absolute Gasteiger partial charge is 0.373 e. The summed E-state index contributed by atoms with van der Waals surface area (Å²) in [5.41, 5.74) is 0.927. The van der Waals surface area contributed by atoms with E-state index in [2.05, 4.69) is 5.32 Å². The molecule has 0 radical (unpaired) electrons. The van der Waals surface area contributed by atoms with Gasteiger partial charge in [-0.1, -0.05) is 6.07 Å². The van der Waals surface area contributed by atoms with Crippen LogP contribution in [0.15, 0.2) is 18.2 Å². The molecule has 3 nitrogen and oxygen atoms in total. The van der Waals surface area contributed by atoms with Crippen molar-refractivity contribution in [2.45, 2.75) is 44.4 Å². The Morgan fingerprint density at radius 3 is 2.89 bits per heavy atom. The second kappa shape index (κ2) is 4.35. The maximum absolute atomic E-state index is 13.7. The van der Waals surface area contributed by atoms with Gasteiger partial charge in [0.05, 0.1) is 23.8 Å². The Balaban J connectivity index is 1.71. The summed E-state index contributed by atoms with van der Waals surface area (Å²) in [5.74, 6) is -0.801. The zero-order valence-corrected chi connectivity index (χ0v) is 10.3. The lowest BCUT2D eigenvalue weighted by Gasteiger charge is -2.20. The Hall–Kier alpha value is -1.42. The van der Waals surface area contributed by atoms with Crippen molar-refractivity contribution in [1.82, 2.24) is 5.32 Å². The molecule has 2 saturated heterocycles. The summed E-state index contributed by atoms with van der Waals surface area (Å²) in [6, 6.07) is 4.70. The summed E-state index contributed by atoms with van der Waals surface area (Å²) in [5, 5.41) is 2.88. The number of benzene rings is 1. The van der Waals surface area contributed by atoms with E-state index in [0.717, 1.165) is 24.8 Å². The fraction of sp³-hybridized carbons (Fsp3) is 0.500. The van der Waals surface area contributed by atoms with Gasteiger partial charge in [0.1, 0.15) is 5.82 Å². The van der Waals surface area contributed by atoms with Crippen molar-refractivity contribution in [2.24, 2.45) is 0 Å². The van der Waals surface area contributed by atoms with Crippen LogP contribution in [0, 0.1) is 12.7 Å². The van der Waals surface area contributed by atoms with Crippen LogP contribution in [-0.2, 0) is 4.74 Å². The molecular formula is C14H16FNO2. The summed E-state index contributed by atoms with van der Waals surface area (Å²) >= 11 is 0. The van der Waals surface area contributed by atoms with Crippen LogP contribution in [0.2, 0.25) is 0 Å². The second-order valence-corrected chi connectivity index (χ2v) is 5.17. The number of nitrogens with one attached hydrogen (secondary N) is 1. The predicted octanol–water partition coefficient (Wildman–Crippen LogP) is 2.18. The molecule has 0 aromatic heterocycles. The lowest BCUT2D eigenvalue weighted by molar-refractivity contribution is 0.0838. The van der Waals surface area contributed by atoms with E-state index in [-0.39, 0.29) is 29.7 Å². The van der Waals surface area contributed by atoms with Crippen LogP contribution < -0.4 is 5.32 Å². The van der Waals surface area contributed by atoms with E-state index >= 15 is 0 Å². The molecule has 96 valence electrons. The van der Waals surface area contributed by atoms with Gasteiger partial charge in [0.2, 0.25) is 0 Å². The number of hydrogen-bond acceptors (Lipinski definition) is 2. The van der Waals surface area contributed by atoms with Gasteiger partial charge < -0.3 is 10.1 Å². The Morgan fingerprint density at radius 2 is 2.28 bits per heavy atom. The van der Waals surface area contributed by atoms with Crippen LogP contribution in [0.3, 0.4) is 0 Å². The van der Waals surface area contributed by atoms with Crippen molar-refractivity contribution in [3.8, 4) is 0 Å². The first-order valence-corrected chi connectivity index (χ1v) is 6.36. The highest BCUT2D eigenvalue weighted by Crippen LogP contribution is 2.34. The van der Waals surface area contributed by atoms with Crippen molar-refractivity contribution in [3.05, 3.63) is 35.1 Å². The number of carbonyl (C=O) groups is 1. The van der Waals surface area contributed by atoms with Gasteiger partial charge in [-0.2, -0.15) is 0 Å². The van der Waals surface area contributed by atoms with Gasteiger partial charge >= 0.3 is 0 Å². The third-order valence-electron chi connectivity index (χ3n) is 3.79. The SMILES string of the molecule is Cc1ccc(C(=O)NC2CC3CCC2O3)c(F)c1. The molecule has 1 aromatic carbocycles. The van der Waals surface area contributed by atoms with Gasteiger partial charge in [-0.05, 0) is 43.9 Å². The van der Waals surface area contributed by atoms with Crippen molar-refractivity contribution < 1.29 is 13.9 Å². The van der Waals surface area contributed by atoms with Crippen molar-refractivity contribution in [1.29, 1.82) is 0 Å². The molecule has 2 aliphatic rings. The summed E-state index contributed by atoms with van der Waals surface area (Å²) in [6.07, 6.45) is 3.32. The lowest BCUT2D eigenvalue weighted by atomic mass is 9.95. The lowest BCUT2D eigenvalue weighted by Crippen LogP contribution is -2.41. The summed E-state index contributed by atoms with van der Waals surface area (Å²) in [6.45, 7) is 1.80. The molecule has 0 saturated carbocycles. The highest BCUT2D eigenvalue weighted by atomic mass is 19.1. The maximum atomic E-state index is 13.7. The van der Waals surface area contributed by atoms with Crippen LogP contribution >= 0.6 is 0 Å². The quantitative estimate of drug-likeness (QED) is 0.872. The molecule has 2 heterocycles. The fourth-order valence-corrected chi connectivity index (χ4v) is 2.84. The number of halogens is 1. The maximum Gasteiger partial charge on any atom is 0.254 e. The van der Waals surface area contributed by atoms with E-state index in [1.54, 1.807) is 13.0 Å². The molecular weight excluding hydrogens is 233 g/mol. The minimum Gasteiger partial charge on any atom is -0.373 e. The zero-order chi connectivity index (χ0) is 12.7.